The van der Waals surface area contributed by atoms with Crippen LogP contribution in [0.15, 0.2) is 23.3 Å². The normalized spacial score (nSPS) is 19.4. The molecule has 0 bridgehead atoms. The van der Waals surface area contributed by atoms with Crippen LogP contribution in [0.4, 0.5) is 13.2 Å². The molecule has 2 heterocycles. The van der Waals surface area contributed by atoms with Crippen LogP contribution in [-0.2, 0) is 16.0 Å². The van der Waals surface area contributed by atoms with Crippen molar-refractivity contribution in [1.29, 1.82) is 0 Å². The molecule has 0 radical (unpaired) electrons. The molecule has 1 N–H and O–H groups in total. The van der Waals surface area contributed by atoms with Gasteiger partial charge < -0.3 is 15.0 Å². The molecule has 2 rings (SSSR count). The van der Waals surface area contributed by atoms with Gasteiger partial charge in [0, 0.05) is 31.9 Å². The molecule has 7 nitrogen and oxygen atoms in total. The molecule has 0 aliphatic carbocycles. The number of hydrogen-bond donors (Lipinski definition) is 1. The topological polar surface area (TPSA) is 83.9 Å². The van der Waals surface area contributed by atoms with Gasteiger partial charge in [-0.3, -0.25) is 0 Å². The van der Waals surface area contributed by atoms with Crippen LogP contribution in [-0.4, -0.2) is 67.5 Å². The summed E-state index contributed by atoms with van der Waals surface area (Å²) >= 11 is 0. The molecule has 11 heteroatoms. The Hall–Kier alpha value is -2.04. The second-order valence-electron chi connectivity index (χ2n) is 6.97. The summed E-state index contributed by atoms with van der Waals surface area (Å²) in [5.41, 5.74) is -0.838. The number of rotatable bonds is 5. The maximum Gasteiger partial charge on any atom is 0.417 e. The first-order chi connectivity index (χ1) is 13.0. The van der Waals surface area contributed by atoms with E-state index < -0.39 is 26.3 Å². The SMILES string of the molecule is CCNC(=NCCOc1ccc(C(F)(F)F)cn1)N1CCS(=O)(=O)C(C)(C)C1. The van der Waals surface area contributed by atoms with E-state index in [0.29, 0.717) is 25.6 Å². The van der Waals surface area contributed by atoms with Crippen LogP contribution < -0.4 is 10.1 Å². The Morgan fingerprint density at radius 2 is 2.11 bits per heavy atom. The van der Waals surface area contributed by atoms with Crippen LogP contribution in [0.2, 0.25) is 0 Å². The van der Waals surface area contributed by atoms with Crippen molar-refractivity contribution in [2.75, 3.05) is 38.5 Å². The van der Waals surface area contributed by atoms with E-state index in [4.69, 9.17) is 4.74 Å². The summed E-state index contributed by atoms with van der Waals surface area (Å²) in [4.78, 5) is 9.96. The van der Waals surface area contributed by atoms with Crippen molar-refractivity contribution in [1.82, 2.24) is 15.2 Å². The summed E-state index contributed by atoms with van der Waals surface area (Å²) in [6.07, 6.45) is -3.72. The molecule has 0 atom stereocenters. The highest BCUT2D eigenvalue weighted by Gasteiger charge is 2.41. The molecule has 0 aromatic carbocycles. The first-order valence-electron chi connectivity index (χ1n) is 8.88. The van der Waals surface area contributed by atoms with E-state index in [1.54, 1.807) is 13.8 Å². The summed E-state index contributed by atoms with van der Waals surface area (Å²) in [5, 5.41) is 3.13. The lowest BCUT2D eigenvalue weighted by molar-refractivity contribution is -0.137. The number of nitrogens with zero attached hydrogens (tertiary/aromatic N) is 3. The smallest absolute Gasteiger partial charge is 0.417 e. The van der Waals surface area contributed by atoms with Gasteiger partial charge in [0.1, 0.15) is 6.61 Å². The predicted octanol–water partition coefficient (Wildman–Crippen LogP) is 1.95. The zero-order valence-corrected chi connectivity index (χ0v) is 16.9. The lowest BCUT2D eigenvalue weighted by Gasteiger charge is -2.39. The summed E-state index contributed by atoms with van der Waals surface area (Å²) in [5.74, 6) is 0.712. The molecular weight excluding hydrogens is 397 g/mol. The van der Waals surface area contributed by atoms with E-state index in [-0.39, 0.29) is 24.8 Å². The largest absolute Gasteiger partial charge is 0.476 e. The van der Waals surface area contributed by atoms with Crippen molar-refractivity contribution in [3.8, 4) is 5.88 Å². The Balaban J connectivity index is 1.94. The second-order valence-corrected chi connectivity index (χ2v) is 9.71. The van der Waals surface area contributed by atoms with E-state index in [2.05, 4.69) is 15.3 Å². The lowest BCUT2D eigenvalue weighted by atomic mass is 10.2. The molecule has 158 valence electrons. The first-order valence-corrected chi connectivity index (χ1v) is 10.5. The molecule has 0 amide bonds. The molecular formula is C17H25F3N4O3S. The van der Waals surface area contributed by atoms with Gasteiger partial charge in [0.15, 0.2) is 15.8 Å². The lowest BCUT2D eigenvalue weighted by Crippen LogP contribution is -2.57. The third-order valence-corrected chi connectivity index (χ3v) is 6.88. The zero-order chi connectivity index (χ0) is 21.0. The van der Waals surface area contributed by atoms with Gasteiger partial charge in [-0.15, -0.1) is 0 Å². The van der Waals surface area contributed by atoms with Gasteiger partial charge in [0.2, 0.25) is 5.88 Å². The number of aliphatic imine (C=N–C) groups is 1. The Bertz CT molecular complexity index is 793. The monoisotopic (exact) mass is 422 g/mol. The van der Waals surface area contributed by atoms with Gasteiger partial charge in [0.25, 0.3) is 0 Å². The summed E-state index contributed by atoms with van der Waals surface area (Å²) in [7, 11) is -3.16. The quantitative estimate of drug-likeness (QED) is 0.444. The van der Waals surface area contributed by atoms with Gasteiger partial charge >= 0.3 is 6.18 Å². The maximum atomic E-state index is 12.5. The number of halogens is 3. The van der Waals surface area contributed by atoms with Crippen LogP contribution in [0.1, 0.15) is 26.3 Å². The van der Waals surface area contributed by atoms with Gasteiger partial charge in [-0.1, -0.05) is 0 Å². The van der Waals surface area contributed by atoms with E-state index in [9.17, 15) is 21.6 Å². The minimum Gasteiger partial charge on any atom is -0.476 e. The van der Waals surface area contributed by atoms with Crippen molar-refractivity contribution in [3.05, 3.63) is 23.9 Å². The average molecular weight is 422 g/mol. The van der Waals surface area contributed by atoms with E-state index in [0.717, 1.165) is 18.3 Å². The maximum absolute atomic E-state index is 12.5. The standard InChI is InChI=1S/C17H25F3N4O3S/c1-4-21-15(24-8-10-28(25,26)16(2,3)12-24)22-7-9-27-14-6-5-13(11-23-14)17(18,19)20/h5-6,11H,4,7-10,12H2,1-3H3,(H,21,22). The number of guanidine groups is 1. The fraction of sp³-hybridized carbons (Fsp3) is 0.647. The molecule has 0 saturated carbocycles. The van der Waals surface area contributed by atoms with Crippen molar-refractivity contribution in [3.63, 3.8) is 0 Å². The second kappa shape index (κ2) is 8.54. The molecule has 28 heavy (non-hydrogen) atoms. The van der Waals surface area contributed by atoms with Gasteiger partial charge in [-0.05, 0) is 26.8 Å². The van der Waals surface area contributed by atoms with Crippen LogP contribution in [0.3, 0.4) is 0 Å². The van der Waals surface area contributed by atoms with Gasteiger partial charge in [0.05, 0.1) is 22.6 Å². The van der Waals surface area contributed by atoms with E-state index in [1.807, 2.05) is 11.8 Å². The molecule has 0 unspecified atom stereocenters. The number of ether oxygens (including phenoxy) is 1. The molecule has 0 spiro atoms. The van der Waals surface area contributed by atoms with Gasteiger partial charge in [-0.25, -0.2) is 18.4 Å². The van der Waals surface area contributed by atoms with Crippen molar-refractivity contribution in [2.24, 2.45) is 4.99 Å². The van der Waals surface area contributed by atoms with Crippen LogP contribution in [0.5, 0.6) is 5.88 Å². The molecule has 1 fully saturated rings. The minimum atomic E-state index is -4.44. The fourth-order valence-electron chi connectivity index (χ4n) is 2.69. The number of nitrogens with one attached hydrogen (secondary N) is 1. The Morgan fingerprint density at radius 3 is 2.64 bits per heavy atom. The van der Waals surface area contributed by atoms with Crippen LogP contribution >= 0.6 is 0 Å². The molecule has 1 saturated heterocycles. The fourth-order valence-corrected chi connectivity index (χ4v) is 4.05. The van der Waals surface area contributed by atoms with E-state index in [1.165, 1.54) is 0 Å². The molecule has 1 aromatic heterocycles. The third kappa shape index (κ3) is 5.49. The number of aromatic nitrogens is 1. The number of alkyl halides is 3. The number of hydrogen-bond acceptors (Lipinski definition) is 5. The summed E-state index contributed by atoms with van der Waals surface area (Å²) in [6.45, 7) is 6.95. The van der Waals surface area contributed by atoms with Crippen molar-refractivity contribution in [2.45, 2.75) is 31.7 Å². The van der Waals surface area contributed by atoms with E-state index >= 15 is 0 Å². The zero-order valence-electron chi connectivity index (χ0n) is 16.1. The Kier molecular flexibility index (Phi) is 6.79. The summed E-state index contributed by atoms with van der Waals surface area (Å²) in [6, 6.07) is 2.07. The highest BCUT2D eigenvalue weighted by Crippen LogP contribution is 2.29. The van der Waals surface area contributed by atoms with Crippen LogP contribution in [0.25, 0.3) is 0 Å². The minimum absolute atomic E-state index is 0.0520. The molecule has 1 aromatic rings. The van der Waals surface area contributed by atoms with Crippen molar-refractivity contribution >= 4 is 15.8 Å². The van der Waals surface area contributed by atoms with Gasteiger partial charge in [-0.2, -0.15) is 13.2 Å². The van der Waals surface area contributed by atoms with Crippen LogP contribution in [0, 0.1) is 0 Å². The third-order valence-electron chi connectivity index (χ3n) is 4.34. The summed E-state index contributed by atoms with van der Waals surface area (Å²) < 4.78 is 66.3. The average Bonchev–Trinajstić information content (AvgIpc) is 2.60. The Labute approximate surface area is 162 Å². The molecule has 1 aliphatic rings. The number of sulfone groups is 1. The number of pyridine rings is 1. The highest BCUT2D eigenvalue weighted by molar-refractivity contribution is 7.92. The Morgan fingerprint density at radius 1 is 1.39 bits per heavy atom. The van der Waals surface area contributed by atoms with Crippen molar-refractivity contribution < 1.29 is 26.3 Å². The first kappa shape index (κ1) is 22.3. The predicted molar refractivity (Wildman–Crippen MR) is 100 cm³/mol. The highest BCUT2D eigenvalue weighted by atomic mass is 32.2. The molecule has 1 aliphatic heterocycles.